The van der Waals surface area contributed by atoms with E-state index in [1.165, 1.54) is 4.63 Å². The predicted molar refractivity (Wildman–Crippen MR) is 79.8 cm³/mol. The van der Waals surface area contributed by atoms with Gasteiger partial charge < -0.3 is 4.90 Å². The monoisotopic (exact) mass is 316 g/mol. The molecule has 1 saturated heterocycles. The average molecular weight is 317 g/mol. The molecule has 0 aliphatic carbocycles. The molecule has 4 rings (SSSR count). The Morgan fingerprint density at radius 1 is 1.27 bits per heavy atom. The summed E-state index contributed by atoms with van der Waals surface area (Å²) in [6.07, 6.45) is 7.48. The van der Waals surface area contributed by atoms with Crippen LogP contribution in [0.5, 0.6) is 0 Å². The van der Waals surface area contributed by atoms with Crippen molar-refractivity contribution in [2.24, 2.45) is 0 Å². The zero-order chi connectivity index (χ0) is 15.1. The van der Waals surface area contributed by atoms with Gasteiger partial charge in [0.1, 0.15) is 5.52 Å². The van der Waals surface area contributed by atoms with Gasteiger partial charge in [0, 0.05) is 25.5 Å². The van der Waals surface area contributed by atoms with Gasteiger partial charge in [-0.2, -0.15) is 19.9 Å². The largest absolute Gasteiger partial charge is 0.336 e. The molecule has 1 aliphatic heterocycles. The number of carbonyl (C=O) groups excluding carboxylic acids is 1. The first-order valence-corrected chi connectivity index (χ1v) is 7.38. The van der Waals surface area contributed by atoms with Crippen molar-refractivity contribution >= 4 is 23.0 Å². The molecule has 1 amide bonds. The number of hydrogen-bond acceptors (Lipinski definition) is 4. The number of rotatable bonds is 2. The fraction of sp³-hybridized carbons (Fsp3) is 0.286. The number of likely N-dealkylation sites (tertiary alicyclic amines) is 1. The van der Waals surface area contributed by atoms with E-state index in [-0.39, 0.29) is 11.9 Å². The van der Waals surface area contributed by atoms with Crippen LogP contribution in [0.4, 0.5) is 0 Å². The van der Waals surface area contributed by atoms with E-state index < -0.39 is 0 Å². The Morgan fingerprint density at radius 3 is 3.00 bits per heavy atom. The number of carbonyl (C=O) groups is 1. The fourth-order valence-electron chi connectivity index (χ4n) is 2.82. The Labute approximate surface area is 131 Å². The van der Waals surface area contributed by atoms with Crippen molar-refractivity contribution in [3.05, 3.63) is 47.5 Å². The number of fused-ring (bicyclic) bond motifs is 1. The third-order valence-electron chi connectivity index (χ3n) is 3.93. The molecule has 7 nitrogen and oxygen atoms in total. The van der Waals surface area contributed by atoms with Crippen molar-refractivity contribution in [3.63, 3.8) is 0 Å². The van der Waals surface area contributed by atoms with Crippen LogP contribution in [0.25, 0.3) is 5.52 Å². The van der Waals surface area contributed by atoms with Crippen LogP contribution in [0.2, 0.25) is 5.02 Å². The van der Waals surface area contributed by atoms with Crippen LogP contribution in [0.15, 0.2) is 36.9 Å². The van der Waals surface area contributed by atoms with Gasteiger partial charge in [0.15, 0.2) is 0 Å². The summed E-state index contributed by atoms with van der Waals surface area (Å²) in [5, 5.41) is 13.0. The molecule has 8 heteroatoms. The van der Waals surface area contributed by atoms with Crippen molar-refractivity contribution in [1.82, 2.24) is 29.5 Å². The van der Waals surface area contributed by atoms with Crippen LogP contribution in [0, 0.1) is 0 Å². The van der Waals surface area contributed by atoms with Crippen LogP contribution in [-0.2, 0) is 0 Å². The molecule has 1 unspecified atom stereocenters. The molecule has 4 heterocycles. The number of hydrogen-bond donors (Lipinski definition) is 0. The Morgan fingerprint density at radius 2 is 2.18 bits per heavy atom. The maximum absolute atomic E-state index is 12.7. The maximum Gasteiger partial charge on any atom is 0.257 e. The van der Waals surface area contributed by atoms with Crippen molar-refractivity contribution < 1.29 is 4.79 Å². The number of amides is 1. The van der Waals surface area contributed by atoms with E-state index in [2.05, 4.69) is 15.3 Å². The smallest absolute Gasteiger partial charge is 0.257 e. The second-order valence-electron chi connectivity index (χ2n) is 5.29. The third kappa shape index (κ3) is 2.14. The van der Waals surface area contributed by atoms with Crippen LogP contribution in [-0.4, -0.2) is 48.5 Å². The van der Waals surface area contributed by atoms with Gasteiger partial charge in [0.05, 0.1) is 29.0 Å². The second kappa shape index (κ2) is 5.10. The van der Waals surface area contributed by atoms with Gasteiger partial charge >= 0.3 is 0 Å². The third-order valence-corrected chi connectivity index (χ3v) is 4.12. The van der Waals surface area contributed by atoms with E-state index in [9.17, 15) is 4.79 Å². The van der Waals surface area contributed by atoms with E-state index in [1.54, 1.807) is 30.9 Å². The van der Waals surface area contributed by atoms with E-state index >= 15 is 0 Å². The SMILES string of the molecule is O=C(c1cnn2ncccc12)N1CCC(n2cc(Cl)cn2)C1. The second-order valence-corrected chi connectivity index (χ2v) is 5.73. The quantitative estimate of drug-likeness (QED) is 0.721. The highest BCUT2D eigenvalue weighted by molar-refractivity contribution is 6.30. The Kier molecular flexibility index (Phi) is 3.07. The first-order valence-electron chi connectivity index (χ1n) is 7.00. The summed E-state index contributed by atoms with van der Waals surface area (Å²) in [6, 6.07) is 3.80. The van der Waals surface area contributed by atoms with Crippen LogP contribution >= 0.6 is 11.6 Å². The van der Waals surface area contributed by atoms with E-state index in [0.29, 0.717) is 23.7 Å². The summed E-state index contributed by atoms with van der Waals surface area (Å²) in [7, 11) is 0. The van der Waals surface area contributed by atoms with E-state index in [4.69, 9.17) is 11.6 Å². The molecular formula is C14H13ClN6O. The first-order chi connectivity index (χ1) is 10.7. The molecular weight excluding hydrogens is 304 g/mol. The van der Waals surface area contributed by atoms with Crippen LogP contribution < -0.4 is 0 Å². The zero-order valence-corrected chi connectivity index (χ0v) is 12.4. The zero-order valence-electron chi connectivity index (χ0n) is 11.6. The molecule has 0 aromatic carbocycles. The highest BCUT2D eigenvalue weighted by Crippen LogP contribution is 2.24. The number of aromatic nitrogens is 5. The number of halogens is 1. The summed E-state index contributed by atoms with van der Waals surface area (Å²) >= 11 is 5.90. The summed E-state index contributed by atoms with van der Waals surface area (Å²) in [5.74, 6) is -0.0243. The van der Waals surface area contributed by atoms with Gasteiger partial charge in [-0.25, -0.2) is 0 Å². The molecule has 0 bridgehead atoms. The van der Waals surface area contributed by atoms with Crippen molar-refractivity contribution in [2.75, 3.05) is 13.1 Å². The Hall–Kier alpha value is -2.41. The minimum atomic E-state index is -0.0243. The van der Waals surface area contributed by atoms with E-state index in [0.717, 1.165) is 11.9 Å². The van der Waals surface area contributed by atoms with Gasteiger partial charge in [0.25, 0.3) is 5.91 Å². The summed E-state index contributed by atoms with van der Waals surface area (Å²) in [6.45, 7) is 1.31. The lowest BCUT2D eigenvalue weighted by Crippen LogP contribution is -2.29. The first kappa shape index (κ1) is 13.3. The summed E-state index contributed by atoms with van der Waals surface area (Å²) in [4.78, 5) is 14.5. The van der Waals surface area contributed by atoms with Gasteiger partial charge in [-0.15, -0.1) is 0 Å². The predicted octanol–water partition coefficient (Wildman–Crippen LogP) is 1.67. The molecule has 112 valence electrons. The van der Waals surface area contributed by atoms with Gasteiger partial charge in [-0.05, 0) is 18.6 Å². The molecule has 1 aliphatic rings. The molecule has 3 aromatic heterocycles. The summed E-state index contributed by atoms with van der Waals surface area (Å²) in [5.41, 5.74) is 1.30. The lowest BCUT2D eigenvalue weighted by atomic mass is 10.2. The highest BCUT2D eigenvalue weighted by atomic mass is 35.5. The van der Waals surface area contributed by atoms with Gasteiger partial charge in [0.2, 0.25) is 0 Å². The topological polar surface area (TPSA) is 68.3 Å². The standard InChI is InChI=1S/C14H13ClN6O/c15-10-6-17-20(8-10)11-3-5-19(9-11)14(22)12-7-18-21-13(12)2-1-4-16-21/h1-2,4,6-8,11H,3,5,9H2. The van der Waals surface area contributed by atoms with Crippen molar-refractivity contribution in [2.45, 2.75) is 12.5 Å². The van der Waals surface area contributed by atoms with Crippen molar-refractivity contribution in [3.8, 4) is 0 Å². The van der Waals surface area contributed by atoms with Gasteiger partial charge in [-0.1, -0.05) is 11.6 Å². The molecule has 0 N–H and O–H groups in total. The summed E-state index contributed by atoms with van der Waals surface area (Å²) < 4.78 is 3.29. The number of nitrogens with zero attached hydrogens (tertiary/aromatic N) is 6. The molecule has 0 spiro atoms. The van der Waals surface area contributed by atoms with E-state index in [1.807, 2.05) is 15.6 Å². The average Bonchev–Trinajstić information content (AvgIpc) is 3.25. The molecule has 3 aromatic rings. The van der Waals surface area contributed by atoms with Gasteiger partial charge in [-0.3, -0.25) is 9.48 Å². The Bertz CT molecular complexity index is 841. The fourth-order valence-corrected chi connectivity index (χ4v) is 2.97. The normalized spacial score (nSPS) is 18.2. The molecule has 22 heavy (non-hydrogen) atoms. The lowest BCUT2D eigenvalue weighted by molar-refractivity contribution is 0.0789. The minimum absolute atomic E-state index is 0.0243. The van der Waals surface area contributed by atoms with Crippen molar-refractivity contribution in [1.29, 1.82) is 0 Å². The van der Waals surface area contributed by atoms with Crippen LogP contribution in [0.1, 0.15) is 22.8 Å². The lowest BCUT2D eigenvalue weighted by Gasteiger charge is -2.16. The molecule has 0 radical (unpaired) electrons. The molecule has 0 saturated carbocycles. The highest BCUT2D eigenvalue weighted by Gasteiger charge is 2.30. The minimum Gasteiger partial charge on any atom is -0.336 e. The van der Waals surface area contributed by atoms with Crippen LogP contribution in [0.3, 0.4) is 0 Å². The molecule has 1 fully saturated rings. The maximum atomic E-state index is 12.7. The Balaban J connectivity index is 1.57. The molecule has 1 atom stereocenters.